The second kappa shape index (κ2) is 5.34. The Bertz CT molecular complexity index is 895. The van der Waals surface area contributed by atoms with Gasteiger partial charge < -0.3 is 9.09 Å². The second-order valence-electron chi connectivity index (χ2n) is 4.65. The molecule has 0 spiro atoms. The number of aromatic amines is 1. The van der Waals surface area contributed by atoms with Crippen LogP contribution < -0.4 is 5.56 Å². The SMILES string of the molecule is Cn1ccnc1-c1noc(Cc2cc(C(F)(F)F)c(=O)[nH]n2)n1. The average Bonchev–Trinajstić information content (AvgIpc) is 3.08. The number of halogens is 3. The lowest BCUT2D eigenvalue weighted by Crippen LogP contribution is -2.23. The lowest BCUT2D eigenvalue weighted by Gasteiger charge is -2.05. The smallest absolute Gasteiger partial charge is 0.338 e. The van der Waals surface area contributed by atoms with Gasteiger partial charge in [0.2, 0.25) is 11.7 Å². The van der Waals surface area contributed by atoms with Gasteiger partial charge in [-0.2, -0.15) is 23.3 Å². The van der Waals surface area contributed by atoms with Crippen LogP contribution in [0.15, 0.2) is 27.8 Å². The summed E-state index contributed by atoms with van der Waals surface area (Å²) < 4.78 is 44.7. The fraction of sp³-hybridized carbons (Fsp3) is 0.250. The lowest BCUT2D eigenvalue weighted by atomic mass is 10.2. The third-order valence-electron chi connectivity index (χ3n) is 2.98. The van der Waals surface area contributed by atoms with E-state index in [1.807, 2.05) is 0 Å². The Hall–Kier alpha value is -2.98. The summed E-state index contributed by atoms with van der Waals surface area (Å²) in [5.41, 5.74) is -2.68. The molecule has 0 aliphatic rings. The number of hydrogen-bond donors (Lipinski definition) is 1. The van der Waals surface area contributed by atoms with Gasteiger partial charge in [-0.1, -0.05) is 5.16 Å². The van der Waals surface area contributed by atoms with E-state index in [0.717, 1.165) is 0 Å². The minimum atomic E-state index is -4.77. The maximum Gasteiger partial charge on any atom is 0.421 e. The molecule has 3 rings (SSSR count). The Balaban J connectivity index is 1.88. The molecule has 8 nitrogen and oxygen atoms in total. The maximum absolute atomic E-state index is 12.7. The van der Waals surface area contributed by atoms with Crippen molar-refractivity contribution >= 4 is 0 Å². The highest BCUT2D eigenvalue weighted by atomic mass is 19.4. The van der Waals surface area contributed by atoms with Gasteiger partial charge in [0.05, 0.1) is 12.1 Å². The number of nitrogens with one attached hydrogen (secondary N) is 1. The van der Waals surface area contributed by atoms with Crippen LogP contribution in [0.2, 0.25) is 0 Å². The van der Waals surface area contributed by atoms with E-state index < -0.39 is 17.3 Å². The van der Waals surface area contributed by atoms with E-state index in [9.17, 15) is 18.0 Å². The Morgan fingerprint density at radius 3 is 2.83 bits per heavy atom. The van der Waals surface area contributed by atoms with Crippen LogP contribution in [0.1, 0.15) is 17.1 Å². The largest absolute Gasteiger partial charge is 0.421 e. The van der Waals surface area contributed by atoms with Crippen molar-refractivity contribution < 1.29 is 17.7 Å². The summed E-state index contributed by atoms with van der Waals surface area (Å²) in [5, 5.41) is 9.07. The van der Waals surface area contributed by atoms with E-state index in [1.54, 1.807) is 29.1 Å². The molecule has 1 N–H and O–H groups in total. The molecule has 0 atom stereocenters. The van der Waals surface area contributed by atoms with Crippen molar-refractivity contribution in [1.82, 2.24) is 29.9 Å². The number of nitrogens with zero attached hydrogens (tertiary/aromatic N) is 5. The van der Waals surface area contributed by atoms with E-state index in [1.165, 1.54) is 0 Å². The van der Waals surface area contributed by atoms with Crippen molar-refractivity contribution in [3.63, 3.8) is 0 Å². The zero-order valence-corrected chi connectivity index (χ0v) is 11.6. The average molecular weight is 326 g/mol. The molecule has 3 aromatic rings. The number of aromatic nitrogens is 6. The fourth-order valence-electron chi connectivity index (χ4n) is 1.90. The van der Waals surface area contributed by atoms with Gasteiger partial charge in [-0.3, -0.25) is 4.79 Å². The summed E-state index contributed by atoms with van der Waals surface area (Å²) in [7, 11) is 1.73. The topological polar surface area (TPSA) is 102 Å². The molecule has 3 aromatic heterocycles. The molecule has 0 unspecified atom stereocenters. The van der Waals surface area contributed by atoms with Crippen LogP contribution in [0, 0.1) is 0 Å². The summed E-state index contributed by atoms with van der Waals surface area (Å²) >= 11 is 0. The van der Waals surface area contributed by atoms with Gasteiger partial charge >= 0.3 is 6.18 Å². The van der Waals surface area contributed by atoms with Gasteiger partial charge in [-0.25, -0.2) is 10.1 Å². The van der Waals surface area contributed by atoms with Crippen molar-refractivity contribution in [3.8, 4) is 11.6 Å². The van der Waals surface area contributed by atoms with Gasteiger partial charge in [0.15, 0.2) is 5.82 Å². The second-order valence-corrected chi connectivity index (χ2v) is 4.65. The predicted octanol–water partition coefficient (Wildman–Crippen LogP) is 1.16. The summed E-state index contributed by atoms with van der Waals surface area (Å²) in [6, 6.07) is 0.656. The first-order valence-corrected chi connectivity index (χ1v) is 6.30. The van der Waals surface area contributed by atoms with E-state index in [-0.39, 0.29) is 23.8 Å². The number of hydrogen-bond acceptors (Lipinski definition) is 6. The highest BCUT2D eigenvalue weighted by Crippen LogP contribution is 2.26. The molecule has 23 heavy (non-hydrogen) atoms. The molecule has 0 saturated heterocycles. The van der Waals surface area contributed by atoms with Crippen molar-refractivity contribution in [2.45, 2.75) is 12.6 Å². The summed E-state index contributed by atoms with van der Waals surface area (Å²) in [5.74, 6) is 0.703. The fourth-order valence-corrected chi connectivity index (χ4v) is 1.90. The van der Waals surface area contributed by atoms with Crippen molar-refractivity contribution in [2.75, 3.05) is 0 Å². The molecule has 0 aliphatic carbocycles. The molecule has 3 heterocycles. The molecule has 0 aromatic carbocycles. The first-order chi connectivity index (χ1) is 10.8. The number of aryl methyl sites for hydroxylation is 1. The van der Waals surface area contributed by atoms with Crippen LogP contribution in [0.4, 0.5) is 13.2 Å². The normalized spacial score (nSPS) is 11.8. The summed E-state index contributed by atoms with van der Waals surface area (Å²) in [4.78, 5) is 19.2. The first kappa shape index (κ1) is 14.9. The highest BCUT2D eigenvalue weighted by molar-refractivity contribution is 5.42. The van der Waals surface area contributed by atoms with Crippen LogP contribution in [0.5, 0.6) is 0 Å². The van der Waals surface area contributed by atoms with Gasteiger partial charge in [-0.15, -0.1) is 0 Å². The molecular weight excluding hydrogens is 317 g/mol. The van der Waals surface area contributed by atoms with E-state index in [0.29, 0.717) is 11.9 Å². The van der Waals surface area contributed by atoms with Crippen LogP contribution in [-0.2, 0) is 19.6 Å². The predicted molar refractivity (Wildman–Crippen MR) is 69.2 cm³/mol. The number of alkyl halides is 3. The number of imidazole rings is 1. The Kier molecular flexibility index (Phi) is 3.47. The van der Waals surface area contributed by atoms with Crippen LogP contribution in [0.25, 0.3) is 11.6 Å². The Labute approximate surface area is 126 Å². The zero-order chi connectivity index (χ0) is 16.6. The minimum Gasteiger partial charge on any atom is -0.338 e. The minimum absolute atomic E-state index is 0.0491. The zero-order valence-electron chi connectivity index (χ0n) is 11.6. The van der Waals surface area contributed by atoms with Crippen molar-refractivity contribution in [1.29, 1.82) is 0 Å². The number of H-pyrrole nitrogens is 1. The third-order valence-corrected chi connectivity index (χ3v) is 2.98. The summed E-state index contributed by atoms with van der Waals surface area (Å²) in [6.07, 6.45) is -1.69. The Morgan fingerprint density at radius 2 is 2.17 bits per heavy atom. The van der Waals surface area contributed by atoms with Gasteiger partial charge in [0.1, 0.15) is 5.56 Å². The Morgan fingerprint density at radius 1 is 1.39 bits per heavy atom. The van der Waals surface area contributed by atoms with Crippen LogP contribution >= 0.6 is 0 Å². The van der Waals surface area contributed by atoms with E-state index >= 15 is 0 Å². The molecule has 0 amide bonds. The van der Waals surface area contributed by atoms with Crippen molar-refractivity contribution in [3.05, 3.63) is 46.0 Å². The van der Waals surface area contributed by atoms with E-state index in [2.05, 4.69) is 20.2 Å². The molecule has 0 fully saturated rings. The molecule has 0 saturated carbocycles. The highest BCUT2D eigenvalue weighted by Gasteiger charge is 2.34. The number of rotatable bonds is 3. The molecule has 120 valence electrons. The monoisotopic (exact) mass is 326 g/mol. The standard InChI is InChI=1S/C12H9F3N6O2/c1-21-3-2-16-10(21)9-17-8(23-20-9)5-6-4-7(12(13,14)15)11(22)19-18-6/h2-4H,5H2,1H3,(H,19,22). The molecule has 11 heteroatoms. The van der Waals surface area contributed by atoms with Gasteiger partial charge in [-0.05, 0) is 6.07 Å². The molecule has 0 radical (unpaired) electrons. The summed E-state index contributed by atoms with van der Waals surface area (Å²) in [6.45, 7) is 0. The molecule has 0 aliphatic heterocycles. The van der Waals surface area contributed by atoms with E-state index in [4.69, 9.17) is 4.52 Å². The lowest BCUT2D eigenvalue weighted by molar-refractivity contribution is -0.138. The maximum atomic E-state index is 12.7. The third kappa shape index (κ3) is 2.98. The quantitative estimate of drug-likeness (QED) is 0.775. The first-order valence-electron chi connectivity index (χ1n) is 6.30. The van der Waals surface area contributed by atoms with Crippen LogP contribution in [0.3, 0.4) is 0 Å². The van der Waals surface area contributed by atoms with Crippen molar-refractivity contribution in [2.24, 2.45) is 7.05 Å². The molecule has 0 bridgehead atoms. The van der Waals surface area contributed by atoms with Gasteiger partial charge in [0, 0.05) is 19.4 Å². The molecular formula is C12H9F3N6O2. The van der Waals surface area contributed by atoms with Crippen LogP contribution in [-0.4, -0.2) is 29.9 Å². The van der Waals surface area contributed by atoms with Gasteiger partial charge in [0.25, 0.3) is 5.56 Å².